The summed E-state index contributed by atoms with van der Waals surface area (Å²) < 4.78 is 0. The molecule has 0 aromatic rings. The summed E-state index contributed by atoms with van der Waals surface area (Å²) in [4.78, 5) is 22.1. The average molecular weight is 157 g/mol. The molecule has 3 heteroatoms. The molecule has 64 valence electrons. The van der Waals surface area contributed by atoms with E-state index in [4.69, 9.17) is 0 Å². The molecule has 0 fully saturated rings. The van der Waals surface area contributed by atoms with Crippen molar-refractivity contribution in [2.24, 2.45) is 5.92 Å². The fraction of sp³-hybridized carbons (Fsp3) is 0.750. The van der Waals surface area contributed by atoms with E-state index in [9.17, 15) is 9.59 Å². The summed E-state index contributed by atoms with van der Waals surface area (Å²) in [5, 5.41) is 0. The van der Waals surface area contributed by atoms with Gasteiger partial charge in [-0.2, -0.15) is 0 Å². The van der Waals surface area contributed by atoms with Crippen LogP contribution in [0.1, 0.15) is 20.3 Å². The quantitative estimate of drug-likeness (QED) is 0.444. The first-order valence-corrected chi connectivity index (χ1v) is 3.78. The molecule has 0 rings (SSSR count). The molecule has 1 amide bonds. The molecular weight excluding hydrogens is 142 g/mol. The molecule has 0 atom stereocenters. The smallest absolute Gasteiger partial charge is 0.286 e. The molecule has 0 aromatic heterocycles. The molecule has 0 saturated carbocycles. The first-order valence-electron chi connectivity index (χ1n) is 3.78. The van der Waals surface area contributed by atoms with Crippen molar-refractivity contribution in [3.63, 3.8) is 0 Å². The highest BCUT2D eigenvalue weighted by Crippen LogP contribution is 1.99. The standard InChI is InChI=1S/C8H15NO2/c1-7(2)4-5-9(3)8(11)6-10/h6-7H,4-5H2,1-3H3. The zero-order valence-electron chi connectivity index (χ0n) is 7.33. The van der Waals surface area contributed by atoms with Crippen LogP contribution in [0, 0.1) is 5.92 Å². The van der Waals surface area contributed by atoms with Gasteiger partial charge in [-0.05, 0) is 12.3 Å². The van der Waals surface area contributed by atoms with Gasteiger partial charge in [0.2, 0.25) is 6.29 Å². The number of nitrogens with zero attached hydrogens (tertiary/aromatic N) is 1. The SMILES string of the molecule is CC(C)CCN(C)C(=O)C=O. The van der Waals surface area contributed by atoms with Gasteiger partial charge in [-0.1, -0.05) is 13.8 Å². The van der Waals surface area contributed by atoms with E-state index in [1.165, 1.54) is 4.90 Å². The van der Waals surface area contributed by atoms with Crippen LogP contribution in [-0.2, 0) is 9.59 Å². The summed E-state index contributed by atoms with van der Waals surface area (Å²) in [6.07, 6.45) is 1.29. The van der Waals surface area contributed by atoms with Crippen LogP contribution in [0.4, 0.5) is 0 Å². The highest BCUT2D eigenvalue weighted by atomic mass is 16.2. The zero-order valence-corrected chi connectivity index (χ0v) is 7.33. The van der Waals surface area contributed by atoms with Gasteiger partial charge in [-0.25, -0.2) is 0 Å². The van der Waals surface area contributed by atoms with Crippen LogP contribution >= 0.6 is 0 Å². The summed E-state index contributed by atoms with van der Waals surface area (Å²) in [5.41, 5.74) is 0. The summed E-state index contributed by atoms with van der Waals surface area (Å²) in [6, 6.07) is 0. The third-order valence-electron chi connectivity index (χ3n) is 1.52. The number of rotatable bonds is 4. The first kappa shape index (κ1) is 10.1. The molecule has 0 saturated heterocycles. The predicted octanol–water partition coefficient (Wildman–Crippen LogP) is 0.690. The Labute approximate surface area is 67.4 Å². The molecule has 0 radical (unpaired) electrons. The third-order valence-corrected chi connectivity index (χ3v) is 1.52. The lowest BCUT2D eigenvalue weighted by Crippen LogP contribution is -2.29. The Morgan fingerprint density at radius 2 is 2.09 bits per heavy atom. The highest BCUT2D eigenvalue weighted by Gasteiger charge is 2.06. The van der Waals surface area contributed by atoms with Gasteiger partial charge in [0.05, 0.1) is 0 Å². The average Bonchev–Trinajstić information content (AvgIpc) is 1.98. The van der Waals surface area contributed by atoms with Gasteiger partial charge in [-0.3, -0.25) is 9.59 Å². The van der Waals surface area contributed by atoms with E-state index in [1.807, 2.05) is 0 Å². The molecule has 0 aliphatic rings. The van der Waals surface area contributed by atoms with Crippen molar-refractivity contribution >= 4 is 12.2 Å². The van der Waals surface area contributed by atoms with Crippen molar-refractivity contribution in [3.8, 4) is 0 Å². The van der Waals surface area contributed by atoms with Crippen molar-refractivity contribution in [3.05, 3.63) is 0 Å². The van der Waals surface area contributed by atoms with E-state index in [0.717, 1.165) is 6.42 Å². The van der Waals surface area contributed by atoms with Crippen LogP contribution in [0.5, 0.6) is 0 Å². The van der Waals surface area contributed by atoms with Crippen LogP contribution in [0.15, 0.2) is 0 Å². The second kappa shape index (κ2) is 4.88. The van der Waals surface area contributed by atoms with Crippen molar-refractivity contribution in [1.29, 1.82) is 0 Å². The van der Waals surface area contributed by atoms with Crippen LogP contribution in [0.25, 0.3) is 0 Å². The zero-order chi connectivity index (χ0) is 8.85. The molecule has 0 aliphatic heterocycles. The molecule has 11 heavy (non-hydrogen) atoms. The van der Waals surface area contributed by atoms with Gasteiger partial charge in [0.15, 0.2) is 0 Å². The Hall–Kier alpha value is -0.860. The summed E-state index contributed by atoms with van der Waals surface area (Å²) >= 11 is 0. The van der Waals surface area contributed by atoms with Gasteiger partial charge in [0, 0.05) is 13.6 Å². The molecule has 0 spiro atoms. The molecule has 0 bridgehead atoms. The molecule has 0 N–H and O–H groups in total. The van der Waals surface area contributed by atoms with Crippen molar-refractivity contribution in [1.82, 2.24) is 4.90 Å². The van der Waals surface area contributed by atoms with Crippen LogP contribution in [0.2, 0.25) is 0 Å². The highest BCUT2D eigenvalue weighted by molar-refractivity contribution is 6.23. The van der Waals surface area contributed by atoms with Crippen LogP contribution in [-0.4, -0.2) is 30.7 Å². The van der Waals surface area contributed by atoms with E-state index in [-0.39, 0.29) is 0 Å². The van der Waals surface area contributed by atoms with Crippen LogP contribution < -0.4 is 0 Å². The van der Waals surface area contributed by atoms with Crippen molar-refractivity contribution < 1.29 is 9.59 Å². The Kier molecular flexibility index (Phi) is 4.50. The minimum Gasteiger partial charge on any atom is -0.339 e. The lowest BCUT2D eigenvalue weighted by molar-refractivity contribution is -0.137. The summed E-state index contributed by atoms with van der Waals surface area (Å²) in [5.74, 6) is 0.127. The van der Waals surface area contributed by atoms with Gasteiger partial charge in [-0.15, -0.1) is 0 Å². The number of amides is 1. The lowest BCUT2D eigenvalue weighted by atomic mass is 10.1. The maximum absolute atomic E-state index is 10.7. The fourth-order valence-corrected chi connectivity index (χ4v) is 0.652. The number of carbonyl (C=O) groups excluding carboxylic acids is 2. The molecule has 0 aromatic carbocycles. The molecule has 0 heterocycles. The molecule has 3 nitrogen and oxygen atoms in total. The van der Waals surface area contributed by atoms with E-state index in [0.29, 0.717) is 18.7 Å². The number of carbonyl (C=O) groups is 2. The van der Waals surface area contributed by atoms with Crippen molar-refractivity contribution in [2.45, 2.75) is 20.3 Å². The maximum atomic E-state index is 10.7. The minimum atomic E-state index is -0.439. The topological polar surface area (TPSA) is 37.4 Å². The number of likely N-dealkylation sites (N-methyl/N-ethyl adjacent to an activating group) is 1. The van der Waals surface area contributed by atoms with E-state index in [2.05, 4.69) is 13.8 Å². The molecular formula is C8H15NO2. The Morgan fingerprint density at radius 1 is 1.55 bits per heavy atom. The summed E-state index contributed by atoms with van der Waals surface area (Å²) in [6.45, 7) is 4.83. The van der Waals surface area contributed by atoms with E-state index in [1.54, 1.807) is 7.05 Å². The normalized spacial score (nSPS) is 9.82. The monoisotopic (exact) mass is 157 g/mol. The lowest BCUT2D eigenvalue weighted by Gasteiger charge is -2.14. The summed E-state index contributed by atoms with van der Waals surface area (Å²) in [7, 11) is 1.64. The van der Waals surface area contributed by atoms with Gasteiger partial charge in [0.1, 0.15) is 0 Å². The molecule has 0 unspecified atom stereocenters. The number of hydrogen-bond donors (Lipinski definition) is 0. The second-order valence-electron chi connectivity index (χ2n) is 3.06. The van der Waals surface area contributed by atoms with Crippen LogP contribution in [0.3, 0.4) is 0 Å². The second-order valence-corrected chi connectivity index (χ2v) is 3.06. The van der Waals surface area contributed by atoms with Gasteiger partial charge < -0.3 is 4.90 Å². The Bertz CT molecular complexity index is 143. The predicted molar refractivity (Wildman–Crippen MR) is 43.2 cm³/mol. The minimum absolute atomic E-state index is 0.348. The van der Waals surface area contributed by atoms with Gasteiger partial charge >= 0.3 is 0 Å². The third kappa shape index (κ3) is 4.53. The van der Waals surface area contributed by atoms with E-state index < -0.39 is 5.91 Å². The maximum Gasteiger partial charge on any atom is 0.286 e. The first-order chi connectivity index (χ1) is 5.07. The molecule has 0 aliphatic carbocycles. The number of aldehydes is 1. The largest absolute Gasteiger partial charge is 0.339 e. The Balaban J connectivity index is 3.60. The Morgan fingerprint density at radius 3 is 2.45 bits per heavy atom. The van der Waals surface area contributed by atoms with Crippen molar-refractivity contribution in [2.75, 3.05) is 13.6 Å². The number of hydrogen-bond acceptors (Lipinski definition) is 2. The fourth-order valence-electron chi connectivity index (χ4n) is 0.652. The van der Waals surface area contributed by atoms with Gasteiger partial charge in [0.25, 0.3) is 5.91 Å². The van der Waals surface area contributed by atoms with E-state index >= 15 is 0 Å².